The Hall–Kier alpha value is -2.60. The summed E-state index contributed by atoms with van der Waals surface area (Å²) in [7, 11) is 0. The number of pyridine rings is 1. The van der Waals surface area contributed by atoms with E-state index in [0.717, 1.165) is 16.6 Å². The minimum absolute atomic E-state index is 0.163. The molecule has 3 aromatic rings. The molecule has 0 radical (unpaired) electrons. The largest absolute Gasteiger partial charge is 0.487 e. The number of fused-ring (bicyclic) bond motifs is 1. The van der Waals surface area contributed by atoms with Crippen molar-refractivity contribution in [3.63, 3.8) is 0 Å². The number of aliphatic hydroxyl groups excluding tert-OH is 1. The molecular weight excluding hydrogens is 379 g/mol. The first-order valence-electron chi connectivity index (χ1n) is 9.46. The first-order valence-corrected chi connectivity index (χ1v) is 9.46. The van der Waals surface area contributed by atoms with Crippen LogP contribution in [0.5, 0.6) is 5.75 Å². The van der Waals surface area contributed by atoms with Crippen molar-refractivity contribution in [1.82, 2.24) is 4.98 Å². The molecule has 0 aliphatic heterocycles. The predicted molar refractivity (Wildman–Crippen MR) is 107 cm³/mol. The average molecular weight is 403 g/mol. The van der Waals surface area contributed by atoms with Crippen LogP contribution in [0.1, 0.15) is 44.1 Å². The Morgan fingerprint density at radius 3 is 2.48 bits per heavy atom. The van der Waals surface area contributed by atoms with Gasteiger partial charge in [0, 0.05) is 11.8 Å². The van der Waals surface area contributed by atoms with Crippen molar-refractivity contribution in [2.45, 2.75) is 45.6 Å². The lowest BCUT2D eigenvalue weighted by molar-refractivity contribution is -0.143. The van der Waals surface area contributed by atoms with E-state index in [1.54, 1.807) is 38.1 Å². The molecule has 6 heteroatoms. The molecule has 0 amide bonds. The Kier molecular flexibility index (Phi) is 6.13. The van der Waals surface area contributed by atoms with Gasteiger partial charge in [0.05, 0.1) is 17.3 Å². The van der Waals surface area contributed by atoms with Gasteiger partial charge in [0.2, 0.25) is 0 Å². The van der Waals surface area contributed by atoms with E-state index in [2.05, 4.69) is 4.98 Å². The third-order valence-corrected chi connectivity index (χ3v) is 5.01. The highest BCUT2D eigenvalue weighted by Gasteiger charge is 2.35. The summed E-state index contributed by atoms with van der Waals surface area (Å²) in [4.78, 5) is 4.55. The van der Waals surface area contributed by atoms with Gasteiger partial charge < -0.3 is 9.84 Å². The molecule has 3 nitrogen and oxygen atoms in total. The van der Waals surface area contributed by atoms with Gasteiger partial charge in [0.1, 0.15) is 12.4 Å². The Labute approximate surface area is 168 Å². The monoisotopic (exact) mass is 403 g/mol. The van der Waals surface area contributed by atoms with Crippen molar-refractivity contribution in [2.75, 3.05) is 0 Å². The standard InChI is InChI=1S/C23H24F3NO2/c1-22(2,12-13-23(24,25)26)21(28)17-7-5-8-19(14-17)29-15-18-11-10-16-6-3-4-9-20(16)27-18/h3-11,14,21,28H,12-13,15H2,1-2H3. The number of alkyl halides is 3. The topological polar surface area (TPSA) is 42.4 Å². The van der Waals surface area contributed by atoms with Crippen LogP contribution in [-0.2, 0) is 6.61 Å². The van der Waals surface area contributed by atoms with Crippen LogP contribution in [0.4, 0.5) is 13.2 Å². The molecule has 1 N–H and O–H groups in total. The number of nitrogens with zero attached hydrogens (tertiary/aromatic N) is 1. The third kappa shape index (κ3) is 5.70. The normalized spacial score (nSPS) is 13.4. The minimum Gasteiger partial charge on any atom is -0.487 e. The maximum atomic E-state index is 12.6. The fourth-order valence-electron chi connectivity index (χ4n) is 3.17. The molecule has 1 heterocycles. The van der Waals surface area contributed by atoms with E-state index in [9.17, 15) is 18.3 Å². The molecule has 0 bridgehead atoms. The van der Waals surface area contributed by atoms with E-state index in [1.165, 1.54) is 0 Å². The van der Waals surface area contributed by atoms with Gasteiger partial charge in [-0.3, -0.25) is 0 Å². The van der Waals surface area contributed by atoms with Gasteiger partial charge in [-0.25, -0.2) is 4.98 Å². The minimum atomic E-state index is -4.24. The SMILES string of the molecule is CC(C)(CCC(F)(F)F)C(O)c1cccc(OCc2ccc3ccccc3n2)c1. The van der Waals surface area contributed by atoms with Crippen LogP contribution in [0.2, 0.25) is 0 Å². The van der Waals surface area contributed by atoms with Crippen LogP contribution in [0, 0.1) is 5.41 Å². The molecule has 0 spiro atoms. The molecule has 0 saturated carbocycles. The van der Waals surface area contributed by atoms with Crippen molar-refractivity contribution < 1.29 is 23.0 Å². The predicted octanol–water partition coefficient (Wildman–Crippen LogP) is 6.22. The molecule has 1 unspecified atom stereocenters. The van der Waals surface area contributed by atoms with Crippen LogP contribution >= 0.6 is 0 Å². The summed E-state index contributed by atoms with van der Waals surface area (Å²) in [5.74, 6) is 0.531. The summed E-state index contributed by atoms with van der Waals surface area (Å²) < 4.78 is 43.5. The van der Waals surface area contributed by atoms with Crippen LogP contribution in [0.3, 0.4) is 0 Å². The first-order chi connectivity index (χ1) is 13.6. The molecule has 0 saturated heterocycles. The zero-order chi connectivity index (χ0) is 21.1. The van der Waals surface area contributed by atoms with Gasteiger partial charge in [-0.2, -0.15) is 13.2 Å². The lowest BCUT2D eigenvalue weighted by atomic mass is 9.79. The Bertz CT molecular complexity index is 969. The average Bonchev–Trinajstić information content (AvgIpc) is 2.70. The van der Waals surface area contributed by atoms with Gasteiger partial charge in [0.25, 0.3) is 0 Å². The highest BCUT2D eigenvalue weighted by molar-refractivity contribution is 5.78. The van der Waals surface area contributed by atoms with Crippen LogP contribution in [0.25, 0.3) is 10.9 Å². The first kappa shape index (κ1) is 21.1. The Morgan fingerprint density at radius 1 is 0.966 bits per heavy atom. The number of aromatic nitrogens is 1. The fraction of sp³-hybridized carbons (Fsp3) is 0.348. The molecule has 2 aromatic carbocycles. The van der Waals surface area contributed by atoms with E-state index in [-0.39, 0.29) is 13.0 Å². The van der Waals surface area contributed by atoms with Gasteiger partial charge in [0.15, 0.2) is 0 Å². The Morgan fingerprint density at radius 2 is 1.72 bits per heavy atom. The summed E-state index contributed by atoms with van der Waals surface area (Å²) in [6, 6.07) is 18.5. The molecule has 0 fully saturated rings. The molecule has 0 aliphatic rings. The molecule has 1 aromatic heterocycles. The number of halogens is 3. The van der Waals surface area contributed by atoms with E-state index >= 15 is 0 Å². The summed E-state index contributed by atoms with van der Waals surface area (Å²) >= 11 is 0. The molecule has 29 heavy (non-hydrogen) atoms. The molecule has 154 valence electrons. The number of ether oxygens (including phenoxy) is 1. The zero-order valence-electron chi connectivity index (χ0n) is 16.4. The maximum absolute atomic E-state index is 12.6. The van der Waals surface area contributed by atoms with Crippen molar-refractivity contribution in [1.29, 1.82) is 0 Å². The van der Waals surface area contributed by atoms with Crippen LogP contribution in [-0.4, -0.2) is 16.3 Å². The molecule has 1 atom stereocenters. The van der Waals surface area contributed by atoms with Gasteiger partial charge in [-0.15, -0.1) is 0 Å². The maximum Gasteiger partial charge on any atom is 0.389 e. The smallest absolute Gasteiger partial charge is 0.389 e. The lowest BCUT2D eigenvalue weighted by Gasteiger charge is -2.31. The number of hydrogen-bond donors (Lipinski definition) is 1. The number of para-hydroxylation sites is 1. The number of rotatable bonds is 7. The van der Waals surface area contributed by atoms with Crippen molar-refractivity contribution in [3.05, 3.63) is 71.9 Å². The quantitative estimate of drug-likeness (QED) is 0.509. The number of hydrogen-bond acceptors (Lipinski definition) is 3. The van der Waals surface area contributed by atoms with Gasteiger partial charge in [-0.1, -0.05) is 50.2 Å². The second-order valence-electron chi connectivity index (χ2n) is 7.86. The molecular formula is C23H24F3NO2. The summed E-state index contributed by atoms with van der Waals surface area (Å²) in [6.45, 7) is 3.52. The fourth-order valence-corrected chi connectivity index (χ4v) is 3.17. The van der Waals surface area contributed by atoms with E-state index in [0.29, 0.717) is 11.3 Å². The Balaban J connectivity index is 1.68. The number of aliphatic hydroxyl groups is 1. The van der Waals surface area contributed by atoms with E-state index in [4.69, 9.17) is 4.74 Å². The summed E-state index contributed by atoms with van der Waals surface area (Å²) in [5.41, 5.74) is 1.25. The van der Waals surface area contributed by atoms with Gasteiger partial charge in [-0.05, 0) is 41.7 Å². The second-order valence-corrected chi connectivity index (χ2v) is 7.86. The summed E-state index contributed by atoms with van der Waals surface area (Å²) in [5, 5.41) is 11.7. The summed E-state index contributed by atoms with van der Waals surface area (Å²) in [6.07, 6.45) is -6.37. The van der Waals surface area contributed by atoms with Gasteiger partial charge >= 0.3 is 6.18 Å². The third-order valence-electron chi connectivity index (χ3n) is 5.01. The van der Waals surface area contributed by atoms with Crippen LogP contribution < -0.4 is 4.74 Å². The zero-order valence-corrected chi connectivity index (χ0v) is 16.4. The van der Waals surface area contributed by atoms with E-state index in [1.807, 2.05) is 36.4 Å². The molecule has 0 aliphatic carbocycles. The number of benzene rings is 2. The van der Waals surface area contributed by atoms with Crippen molar-refractivity contribution >= 4 is 10.9 Å². The lowest BCUT2D eigenvalue weighted by Crippen LogP contribution is -2.24. The van der Waals surface area contributed by atoms with Crippen molar-refractivity contribution in [2.24, 2.45) is 5.41 Å². The highest BCUT2D eigenvalue weighted by atomic mass is 19.4. The second kappa shape index (κ2) is 8.41. The van der Waals surface area contributed by atoms with Crippen LogP contribution in [0.15, 0.2) is 60.7 Å². The van der Waals surface area contributed by atoms with E-state index < -0.39 is 24.1 Å². The highest BCUT2D eigenvalue weighted by Crippen LogP contribution is 2.40. The van der Waals surface area contributed by atoms with Crippen molar-refractivity contribution in [3.8, 4) is 5.75 Å². The molecule has 3 rings (SSSR count).